The lowest BCUT2D eigenvalue weighted by atomic mass is 10.1. The smallest absolute Gasteiger partial charge is 0.253 e. The summed E-state index contributed by atoms with van der Waals surface area (Å²) in [6.07, 6.45) is 2.54. The van der Waals surface area contributed by atoms with Crippen molar-refractivity contribution in [3.05, 3.63) is 94.8 Å². The maximum atomic E-state index is 13.4. The van der Waals surface area contributed by atoms with E-state index in [4.69, 9.17) is 0 Å². The van der Waals surface area contributed by atoms with E-state index in [0.29, 0.717) is 43.0 Å². The van der Waals surface area contributed by atoms with Crippen LogP contribution >= 0.6 is 0 Å². The zero-order valence-electron chi connectivity index (χ0n) is 22.1. The van der Waals surface area contributed by atoms with Gasteiger partial charge in [-0.1, -0.05) is 29.8 Å². The molecule has 1 saturated carbocycles. The Kier molecular flexibility index (Phi) is 7.91. The predicted molar refractivity (Wildman–Crippen MR) is 149 cm³/mol. The molecule has 0 unspecified atom stereocenters. The zero-order chi connectivity index (χ0) is 27.4. The third-order valence-electron chi connectivity index (χ3n) is 7.25. The molecule has 3 aromatic carbocycles. The summed E-state index contributed by atoms with van der Waals surface area (Å²) in [7, 11) is 0. The Morgan fingerprint density at radius 1 is 0.897 bits per heavy atom. The maximum absolute atomic E-state index is 13.4. The fourth-order valence-electron chi connectivity index (χ4n) is 4.78. The molecule has 3 amide bonds. The predicted octanol–water partition coefficient (Wildman–Crippen LogP) is 4.77. The normalized spacial score (nSPS) is 15.4. The van der Waals surface area contributed by atoms with Gasteiger partial charge < -0.3 is 20.4 Å². The minimum Gasteiger partial charge on any atom is -0.369 e. The van der Waals surface area contributed by atoms with Gasteiger partial charge in [0.1, 0.15) is 5.82 Å². The molecule has 2 N–H and O–H groups in total. The first kappa shape index (κ1) is 26.4. The summed E-state index contributed by atoms with van der Waals surface area (Å²) in [6.45, 7) is 4.66. The summed E-state index contributed by atoms with van der Waals surface area (Å²) in [5.41, 5.74) is 4.34. The first-order valence-corrected chi connectivity index (χ1v) is 13.5. The van der Waals surface area contributed by atoms with E-state index in [2.05, 4.69) is 15.5 Å². The fourth-order valence-corrected chi connectivity index (χ4v) is 4.78. The molecule has 2 fully saturated rings. The highest BCUT2D eigenvalue weighted by atomic mass is 19.1. The van der Waals surface area contributed by atoms with Gasteiger partial charge in [-0.3, -0.25) is 14.4 Å². The van der Waals surface area contributed by atoms with Crippen LogP contribution in [0.3, 0.4) is 0 Å². The molecule has 2 aliphatic rings. The first-order valence-electron chi connectivity index (χ1n) is 13.5. The molecule has 0 radical (unpaired) electrons. The molecule has 5 rings (SSSR count). The Labute approximate surface area is 228 Å². The van der Waals surface area contributed by atoms with E-state index in [1.165, 1.54) is 12.1 Å². The SMILES string of the molecule is Cc1ccc(C(=O)N2CCCN(c3ccc(NC(=O)C4CC4)cc3C(=O)NCc3ccc(F)cc3)CC2)cc1. The van der Waals surface area contributed by atoms with Gasteiger partial charge >= 0.3 is 0 Å². The molecular formula is C31H33FN4O3. The average Bonchev–Trinajstić information content (AvgIpc) is 3.80. The number of anilines is 2. The summed E-state index contributed by atoms with van der Waals surface area (Å²) in [5, 5.41) is 5.87. The number of aryl methyl sites for hydroxylation is 1. The van der Waals surface area contributed by atoms with Gasteiger partial charge in [0, 0.05) is 55.6 Å². The van der Waals surface area contributed by atoms with Crippen LogP contribution in [0.1, 0.15) is 51.1 Å². The molecule has 0 bridgehead atoms. The molecule has 0 aromatic heterocycles. The third kappa shape index (κ3) is 6.63. The molecule has 1 heterocycles. The standard InChI is InChI=1S/C31H33FN4O3/c1-21-3-7-24(8-4-21)31(39)36-16-2-15-35(17-18-36)28-14-13-26(34-29(37)23-9-10-23)19-27(28)30(38)33-20-22-5-11-25(32)12-6-22/h3-8,11-14,19,23H,2,9-10,15-18,20H2,1H3,(H,33,38)(H,34,37). The van der Waals surface area contributed by atoms with E-state index in [-0.39, 0.29) is 36.0 Å². The molecule has 0 spiro atoms. The Morgan fingerprint density at radius 3 is 2.36 bits per heavy atom. The van der Waals surface area contributed by atoms with Crippen LogP contribution in [0, 0.1) is 18.7 Å². The summed E-state index contributed by atoms with van der Waals surface area (Å²) in [4.78, 5) is 42.9. The summed E-state index contributed by atoms with van der Waals surface area (Å²) in [5.74, 6) is -0.591. The number of hydrogen-bond donors (Lipinski definition) is 2. The number of halogens is 1. The number of rotatable bonds is 7. The number of hydrogen-bond acceptors (Lipinski definition) is 4. The van der Waals surface area contributed by atoms with Gasteiger partial charge in [-0.2, -0.15) is 0 Å². The Hall–Kier alpha value is -4.20. The molecule has 0 atom stereocenters. The van der Waals surface area contributed by atoms with Crippen LogP contribution in [0.4, 0.5) is 15.8 Å². The van der Waals surface area contributed by atoms with Crippen molar-refractivity contribution >= 4 is 29.1 Å². The van der Waals surface area contributed by atoms with Crippen molar-refractivity contribution in [1.82, 2.24) is 10.2 Å². The van der Waals surface area contributed by atoms with Crippen molar-refractivity contribution < 1.29 is 18.8 Å². The molecule has 1 aliphatic carbocycles. The molecule has 7 nitrogen and oxygen atoms in total. The van der Waals surface area contributed by atoms with E-state index < -0.39 is 0 Å². The summed E-state index contributed by atoms with van der Waals surface area (Å²) in [6, 6.07) is 19.0. The first-order chi connectivity index (χ1) is 18.9. The van der Waals surface area contributed by atoms with Crippen molar-refractivity contribution in [3.63, 3.8) is 0 Å². The molecule has 1 aliphatic heterocycles. The van der Waals surface area contributed by atoms with Crippen LogP contribution in [0.15, 0.2) is 66.7 Å². The average molecular weight is 529 g/mol. The van der Waals surface area contributed by atoms with E-state index >= 15 is 0 Å². The quantitative estimate of drug-likeness (QED) is 0.463. The molecular weight excluding hydrogens is 495 g/mol. The zero-order valence-corrected chi connectivity index (χ0v) is 22.1. The Balaban J connectivity index is 1.33. The van der Waals surface area contributed by atoms with Crippen LogP contribution < -0.4 is 15.5 Å². The van der Waals surface area contributed by atoms with Gasteiger partial charge in [-0.25, -0.2) is 4.39 Å². The molecule has 8 heteroatoms. The van der Waals surface area contributed by atoms with Gasteiger partial charge in [0.25, 0.3) is 11.8 Å². The number of nitrogens with one attached hydrogen (secondary N) is 2. The van der Waals surface area contributed by atoms with Crippen LogP contribution in [-0.4, -0.2) is 48.8 Å². The van der Waals surface area contributed by atoms with Crippen molar-refractivity contribution in [2.45, 2.75) is 32.7 Å². The minimum atomic E-state index is -0.331. The third-order valence-corrected chi connectivity index (χ3v) is 7.25. The second kappa shape index (κ2) is 11.7. The summed E-state index contributed by atoms with van der Waals surface area (Å²) < 4.78 is 13.3. The summed E-state index contributed by atoms with van der Waals surface area (Å²) >= 11 is 0. The van der Waals surface area contributed by atoms with Gasteiger partial charge in [-0.15, -0.1) is 0 Å². The Bertz CT molecular complexity index is 1350. The van der Waals surface area contributed by atoms with E-state index in [9.17, 15) is 18.8 Å². The largest absolute Gasteiger partial charge is 0.369 e. The van der Waals surface area contributed by atoms with E-state index in [0.717, 1.165) is 36.1 Å². The van der Waals surface area contributed by atoms with Crippen LogP contribution in [0.25, 0.3) is 0 Å². The molecule has 3 aromatic rings. The monoisotopic (exact) mass is 528 g/mol. The van der Waals surface area contributed by atoms with Gasteiger partial charge in [0.05, 0.1) is 5.56 Å². The number of amides is 3. The Morgan fingerprint density at radius 2 is 1.64 bits per heavy atom. The second-order valence-corrected chi connectivity index (χ2v) is 10.3. The molecule has 39 heavy (non-hydrogen) atoms. The molecule has 1 saturated heterocycles. The fraction of sp³-hybridized carbons (Fsp3) is 0.323. The van der Waals surface area contributed by atoms with Crippen LogP contribution in [-0.2, 0) is 11.3 Å². The lowest BCUT2D eigenvalue weighted by Crippen LogP contribution is -2.36. The van der Waals surface area contributed by atoms with Gasteiger partial charge in [-0.05, 0) is 74.2 Å². The van der Waals surface area contributed by atoms with Crippen molar-refractivity contribution in [3.8, 4) is 0 Å². The van der Waals surface area contributed by atoms with Crippen LogP contribution in [0.5, 0.6) is 0 Å². The minimum absolute atomic E-state index is 0.00671. The number of benzene rings is 3. The maximum Gasteiger partial charge on any atom is 0.253 e. The number of carbonyl (C=O) groups excluding carboxylic acids is 3. The highest BCUT2D eigenvalue weighted by Crippen LogP contribution is 2.31. The van der Waals surface area contributed by atoms with Crippen molar-refractivity contribution in [2.75, 3.05) is 36.4 Å². The van der Waals surface area contributed by atoms with Gasteiger partial charge in [0.2, 0.25) is 5.91 Å². The van der Waals surface area contributed by atoms with Gasteiger partial charge in [0.15, 0.2) is 0 Å². The highest BCUT2D eigenvalue weighted by molar-refractivity contribution is 6.02. The van der Waals surface area contributed by atoms with Crippen molar-refractivity contribution in [2.24, 2.45) is 5.92 Å². The topological polar surface area (TPSA) is 81.8 Å². The lowest BCUT2D eigenvalue weighted by molar-refractivity contribution is -0.117. The number of carbonyl (C=O) groups is 3. The van der Waals surface area contributed by atoms with Crippen molar-refractivity contribution in [1.29, 1.82) is 0 Å². The second-order valence-electron chi connectivity index (χ2n) is 10.3. The number of nitrogens with zero attached hydrogens (tertiary/aromatic N) is 2. The molecule has 202 valence electrons. The van der Waals surface area contributed by atoms with E-state index in [1.54, 1.807) is 18.2 Å². The van der Waals surface area contributed by atoms with Crippen LogP contribution in [0.2, 0.25) is 0 Å². The lowest BCUT2D eigenvalue weighted by Gasteiger charge is -2.26. The van der Waals surface area contributed by atoms with E-state index in [1.807, 2.05) is 48.2 Å². The highest BCUT2D eigenvalue weighted by Gasteiger charge is 2.30.